The van der Waals surface area contributed by atoms with Crippen LogP contribution in [-0.2, 0) is 11.3 Å². The highest BCUT2D eigenvalue weighted by molar-refractivity contribution is 6.02. The number of rotatable bonds is 4. The van der Waals surface area contributed by atoms with Crippen LogP contribution in [0.3, 0.4) is 0 Å². The topological polar surface area (TPSA) is 95.7 Å². The Hall–Kier alpha value is -2.41. The number of imide groups is 1. The Balaban J connectivity index is 1.77. The zero-order valence-electron chi connectivity index (χ0n) is 14.4. The van der Waals surface area contributed by atoms with Crippen molar-refractivity contribution in [1.29, 1.82) is 0 Å². The summed E-state index contributed by atoms with van der Waals surface area (Å²) in [4.78, 5) is 39.4. The number of urea groups is 1. The van der Waals surface area contributed by atoms with Crippen LogP contribution in [0.1, 0.15) is 35.7 Å². The van der Waals surface area contributed by atoms with Crippen molar-refractivity contribution in [1.82, 2.24) is 15.1 Å². The van der Waals surface area contributed by atoms with Gasteiger partial charge in [0.2, 0.25) is 5.91 Å². The van der Waals surface area contributed by atoms with Gasteiger partial charge in [-0.1, -0.05) is 19.1 Å². The molecule has 3 N–H and O–H groups in total. The van der Waals surface area contributed by atoms with Gasteiger partial charge in [-0.3, -0.25) is 14.5 Å². The van der Waals surface area contributed by atoms with E-state index in [4.69, 9.17) is 5.73 Å². The number of nitrogens with one attached hydrogen (secondary N) is 1. The van der Waals surface area contributed by atoms with Crippen molar-refractivity contribution in [2.45, 2.75) is 32.4 Å². The van der Waals surface area contributed by atoms with E-state index in [-0.39, 0.29) is 30.9 Å². The molecule has 2 heterocycles. The Kier molecular flexibility index (Phi) is 5.03. The van der Waals surface area contributed by atoms with E-state index in [1.807, 2.05) is 11.0 Å². The summed E-state index contributed by atoms with van der Waals surface area (Å²) in [6, 6.07) is 6.78. The molecule has 2 fully saturated rings. The maximum atomic E-state index is 12.9. The molecule has 1 aromatic rings. The number of benzene rings is 1. The molecule has 7 heteroatoms. The second-order valence-electron chi connectivity index (χ2n) is 6.76. The fourth-order valence-corrected chi connectivity index (χ4v) is 3.63. The zero-order valence-corrected chi connectivity index (χ0v) is 14.4. The lowest BCUT2D eigenvalue weighted by atomic mass is 9.90. The van der Waals surface area contributed by atoms with E-state index in [1.165, 1.54) is 0 Å². The summed E-state index contributed by atoms with van der Waals surface area (Å²) in [6.07, 6.45) is 2.06. The Bertz CT molecular complexity index is 675. The predicted molar refractivity (Wildman–Crippen MR) is 92.7 cm³/mol. The van der Waals surface area contributed by atoms with Gasteiger partial charge in [0.05, 0.1) is 13.1 Å². The van der Waals surface area contributed by atoms with Gasteiger partial charge in [-0.15, -0.1) is 0 Å². The summed E-state index contributed by atoms with van der Waals surface area (Å²) in [6.45, 7) is 3.49. The molecule has 134 valence electrons. The molecule has 0 unspecified atom stereocenters. The summed E-state index contributed by atoms with van der Waals surface area (Å²) in [5.74, 6) is 0.0904. The van der Waals surface area contributed by atoms with Crippen LogP contribution in [0.5, 0.6) is 0 Å². The van der Waals surface area contributed by atoms with Crippen molar-refractivity contribution in [3.8, 4) is 0 Å². The first kappa shape index (κ1) is 17.4. The Morgan fingerprint density at radius 2 is 2.16 bits per heavy atom. The summed E-state index contributed by atoms with van der Waals surface area (Å²) in [5.41, 5.74) is 7.21. The molecular weight excluding hydrogens is 320 g/mol. The van der Waals surface area contributed by atoms with E-state index in [9.17, 15) is 14.4 Å². The van der Waals surface area contributed by atoms with E-state index >= 15 is 0 Å². The minimum Gasteiger partial charge on any atom is -0.334 e. The minimum absolute atomic E-state index is 0.0291. The largest absolute Gasteiger partial charge is 0.334 e. The molecule has 2 atom stereocenters. The molecule has 2 aliphatic heterocycles. The van der Waals surface area contributed by atoms with Crippen LogP contribution < -0.4 is 11.1 Å². The Morgan fingerprint density at radius 1 is 1.36 bits per heavy atom. The average Bonchev–Trinajstić information content (AvgIpc) is 2.93. The molecule has 0 saturated carbocycles. The molecule has 0 radical (unpaired) electrons. The molecule has 7 nitrogen and oxygen atoms in total. The molecule has 2 aliphatic rings. The fraction of sp³-hybridized carbons (Fsp3) is 0.500. The van der Waals surface area contributed by atoms with Crippen LogP contribution in [0, 0.1) is 5.92 Å². The number of nitrogens with zero attached hydrogens (tertiary/aromatic N) is 2. The molecular formula is C18H24N4O3. The van der Waals surface area contributed by atoms with Crippen molar-refractivity contribution in [2.75, 3.05) is 19.6 Å². The van der Waals surface area contributed by atoms with Crippen LogP contribution in [0.25, 0.3) is 0 Å². The second-order valence-corrected chi connectivity index (χ2v) is 6.76. The molecule has 2 saturated heterocycles. The van der Waals surface area contributed by atoms with Crippen LogP contribution in [-0.4, -0.2) is 53.3 Å². The van der Waals surface area contributed by atoms with Crippen molar-refractivity contribution >= 4 is 17.8 Å². The first-order valence-electron chi connectivity index (χ1n) is 8.69. The highest BCUT2D eigenvalue weighted by atomic mass is 16.2. The van der Waals surface area contributed by atoms with Gasteiger partial charge in [0.1, 0.15) is 0 Å². The van der Waals surface area contributed by atoms with E-state index in [0.29, 0.717) is 24.6 Å². The number of nitrogens with two attached hydrogens (primary N) is 1. The third-order valence-corrected chi connectivity index (χ3v) is 5.07. The first-order chi connectivity index (χ1) is 12.0. The van der Waals surface area contributed by atoms with Crippen LogP contribution in [0.15, 0.2) is 24.3 Å². The van der Waals surface area contributed by atoms with Gasteiger partial charge in [0, 0.05) is 24.7 Å². The fourth-order valence-electron chi connectivity index (χ4n) is 3.63. The molecule has 0 aromatic heterocycles. The number of likely N-dealkylation sites (tertiary alicyclic amines) is 1. The molecule has 25 heavy (non-hydrogen) atoms. The summed E-state index contributed by atoms with van der Waals surface area (Å²) >= 11 is 0. The first-order valence-corrected chi connectivity index (χ1v) is 8.69. The van der Waals surface area contributed by atoms with E-state index in [1.54, 1.807) is 18.2 Å². The number of carbonyl (C=O) groups excluding carboxylic acids is 3. The standard InChI is InChI=1S/C18H24N4O3/c1-12-4-3-7-21(15(12)9-19)17(24)14-6-2-5-13(8-14)11-22-16(23)10-20-18(22)25/h2,5-6,8,12,15H,3-4,7,9-11,19H2,1H3,(H,20,25)/t12-,15+/m1/s1. The van der Waals surface area contributed by atoms with E-state index in [2.05, 4.69) is 12.2 Å². The molecule has 1 aromatic carbocycles. The molecule has 0 spiro atoms. The third-order valence-electron chi connectivity index (χ3n) is 5.07. The Labute approximate surface area is 147 Å². The zero-order chi connectivity index (χ0) is 18.0. The highest BCUT2D eigenvalue weighted by Gasteiger charge is 2.32. The van der Waals surface area contributed by atoms with E-state index in [0.717, 1.165) is 23.3 Å². The normalized spacial score (nSPS) is 23.8. The quantitative estimate of drug-likeness (QED) is 0.795. The van der Waals surface area contributed by atoms with Gasteiger partial charge in [-0.05, 0) is 36.5 Å². The van der Waals surface area contributed by atoms with Crippen molar-refractivity contribution in [2.24, 2.45) is 11.7 Å². The lowest BCUT2D eigenvalue weighted by Gasteiger charge is -2.39. The number of hydrogen-bond donors (Lipinski definition) is 2. The average molecular weight is 344 g/mol. The number of amides is 4. The van der Waals surface area contributed by atoms with Crippen LogP contribution in [0.2, 0.25) is 0 Å². The monoisotopic (exact) mass is 344 g/mol. The molecule has 4 amide bonds. The number of carbonyl (C=O) groups is 3. The van der Waals surface area contributed by atoms with E-state index < -0.39 is 6.03 Å². The lowest BCUT2D eigenvalue weighted by molar-refractivity contribution is -0.125. The van der Waals surface area contributed by atoms with Crippen molar-refractivity contribution in [3.63, 3.8) is 0 Å². The van der Waals surface area contributed by atoms with Gasteiger partial charge >= 0.3 is 6.03 Å². The number of piperidine rings is 1. The van der Waals surface area contributed by atoms with Crippen molar-refractivity contribution < 1.29 is 14.4 Å². The molecule has 3 rings (SSSR count). The summed E-state index contributed by atoms with van der Waals surface area (Å²) in [5, 5.41) is 2.50. The van der Waals surface area contributed by atoms with Crippen LogP contribution in [0.4, 0.5) is 4.79 Å². The van der Waals surface area contributed by atoms with Gasteiger partial charge in [0.15, 0.2) is 0 Å². The SMILES string of the molecule is C[C@@H]1CCCN(C(=O)c2cccc(CN3C(=O)CNC3=O)c2)[C@H]1CN. The second kappa shape index (κ2) is 7.23. The third kappa shape index (κ3) is 3.51. The molecule has 0 bridgehead atoms. The minimum atomic E-state index is -0.394. The van der Waals surface area contributed by atoms with Crippen molar-refractivity contribution in [3.05, 3.63) is 35.4 Å². The highest BCUT2D eigenvalue weighted by Crippen LogP contribution is 2.24. The maximum absolute atomic E-state index is 12.9. The Morgan fingerprint density at radius 3 is 2.84 bits per heavy atom. The predicted octanol–water partition coefficient (Wildman–Crippen LogP) is 0.938. The van der Waals surface area contributed by atoms with Gasteiger partial charge in [-0.25, -0.2) is 4.79 Å². The summed E-state index contributed by atoms with van der Waals surface area (Å²) in [7, 11) is 0. The van der Waals surface area contributed by atoms with Crippen LogP contribution >= 0.6 is 0 Å². The smallest absolute Gasteiger partial charge is 0.324 e. The van der Waals surface area contributed by atoms with Gasteiger partial charge in [0.25, 0.3) is 5.91 Å². The van der Waals surface area contributed by atoms with Gasteiger partial charge in [-0.2, -0.15) is 0 Å². The summed E-state index contributed by atoms with van der Waals surface area (Å²) < 4.78 is 0. The maximum Gasteiger partial charge on any atom is 0.324 e. The molecule has 0 aliphatic carbocycles. The lowest BCUT2D eigenvalue weighted by Crippen LogP contribution is -2.51. The van der Waals surface area contributed by atoms with Gasteiger partial charge < -0.3 is 16.0 Å². The number of hydrogen-bond acceptors (Lipinski definition) is 4.